The van der Waals surface area contributed by atoms with Gasteiger partial charge in [-0.1, -0.05) is 13.8 Å². The van der Waals surface area contributed by atoms with E-state index in [9.17, 15) is 9.59 Å². The van der Waals surface area contributed by atoms with E-state index >= 15 is 0 Å². The summed E-state index contributed by atoms with van der Waals surface area (Å²) in [4.78, 5) is 22.6. The van der Waals surface area contributed by atoms with Crippen LogP contribution in [0.5, 0.6) is 0 Å². The van der Waals surface area contributed by atoms with Crippen molar-refractivity contribution in [1.29, 1.82) is 0 Å². The van der Waals surface area contributed by atoms with E-state index in [1.54, 1.807) is 12.1 Å². The molecule has 5 heteroatoms. The van der Waals surface area contributed by atoms with Gasteiger partial charge in [-0.2, -0.15) is 0 Å². The van der Waals surface area contributed by atoms with E-state index in [0.717, 1.165) is 16.8 Å². The predicted molar refractivity (Wildman–Crippen MR) is 83.9 cm³/mol. The van der Waals surface area contributed by atoms with E-state index in [-0.39, 0.29) is 11.7 Å². The van der Waals surface area contributed by atoms with Crippen molar-refractivity contribution in [2.75, 3.05) is 5.32 Å². The molecule has 2 N–H and O–H groups in total. The normalized spacial score (nSPS) is 10.7. The third-order valence-corrected chi connectivity index (χ3v) is 3.19. The van der Waals surface area contributed by atoms with Crippen LogP contribution in [0.15, 0.2) is 34.7 Å². The molecule has 22 heavy (non-hydrogen) atoms. The summed E-state index contributed by atoms with van der Waals surface area (Å²) in [6.07, 6.45) is 0.473. The number of aromatic carboxylic acids is 1. The Morgan fingerprint density at radius 3 is 2.50 bits per heavy atom. The summed E-state index contributed by atoms with van der Waals surface area (Å²) < 4.78 is 5.30. The number of rotatable bonds is 5. The molecule has 0 atom stereocenters. The van der Waals surface area contributed by atoms with Crippen LogP contribution in [-0.4, -0.2) is 17.0 Å². The van der Waals surface area contributed by atoms with Gasteiger partial charge in [0.25, 0.3) is 0 Å². The van der Waals surface area contributed by atoms with Crippen LogP contribution in [0.4, 0.5) is 5.69 Å². The molecular formula is C17H19NO4. The summed E-state index contributed by atoms with van der Waals surface area (Å²) in [5.41, 5.74) is 2.42. The molecule has 116 valence electrons. The number of aryl methyl sites for hydroxylation is 1. The van der Waals surface area contributed by atoms with E-state index in [0.29, 0.717) is 18.1 Å². The van der Waals surface area contributed by atoms with E-state index in [4.69, 9.17) is 9.52 Å². The summed E-state index contributed by atoms with van der Waals surface area (Å²) in [5.74, 6) is -0.411. The summed E-state index contributed by atoms with van der Waals surface area (Å²) >= 11 is 0. The van der Waals surface area contributed by atoms with Gasteiger partial charge in [-0.05, 0) is 48.7 Å². The standard InChI is InChI=1S/C17H19NO4/c1-10(2)8-16(19)18-12-4-5-13(11(3)9-12)14-6-7-15(22-14)17(20)21/h4-7,9-10H,8H2,1-3H3,(H,18,19)(H,20,21). The van der Waals surface area contributed by atoms with Gasteiger partial charge in [-0.3, -0.25) is 4.79 Å². The zero-order valence-electron chi connectivity index (χ0n) is 12.8. The fourth-order valence-corrected chi connectivity index (χ4v) is 2.20. The number of carbonyl (C=O) groups excluding carboxylic acids is 1. The van der Waals surface area contributed by atoms with Gasteiger partial charge in [-0.25, -0.2) is 4.79 Å². The first-order valence-electron chi connectivity index (χ1n) is 7.11. The first kappa shape index (κ1) is 15.8. The zero-order valence-corrected chi connectivity index (χ0v) is 12.8. The number of anilines is 1. The number of nitrogens with one attached hydrogen (secondary N) is 1. The highest BCUT2D eigenvalue weighted by Crippen LogP contribution is 2.28. The van der Waals surface area contributed by atoms with Crippen LogP contribution in [-0.2, 0) is 4.79 Å². The largest absolute Gasteiger partial charge is 0.475 e. The molecule has 0 fully saturated rings. The number of carbonyl (C=O) groups is 2. The topological polar surface area (TPSA) is 79.5 Å². The summed E-state index contributed by atoms with van der Waals surface area (Å²) in [6, 6.07) is 8.49. The monoisotopic (exact) mass is 301 g/mol. The second-order valence-electron chi connectivity index (χ2n) is 5.64. The number of carboxylic acid groups (broad SMARTS) is 1. The molecular weight excluding hydrogens is 282 g/mol. The summed E-state index contributed by atoms with van der Waals surface area (Å²) in [5, 5.41) is 11.7. The highest BCUT2D eigenvalue weighted by molar-refractivity contribution is 5.91. The van der Waals surface area contributed by atoms with Crippen molar-refractivity contribution >= 4 is 17.6 Å². The van der Waals surface area contributed by atoms with E-state index < -0.39 is 5.97 Å². The number of furan rings is 1. The molecule has 0 bridgehead atoms. The quantitative estimate of drug-likeness (QED) is 0.876. The fraction of sp³-hybridized carbons (Fsp3) is 0.294. The van der Waals surface area contributed by atoms with Gasteiger partial charge >= 0.3 is 5.97 Å². The molecule has 1 aromatic heterocycles. The lowest BCUT2D eigenvalue weighted by Crippen LogP contribution is -2.13. The minimum atomic E-state index is -1.10. The Hall–Kier alpha value is -2.56. The molecule has 2 aromatic rings. The Morgan fingerprint density at radius 1 is 1.23 bits per heavy atom. The summed E-state index contributed by atoms with van der Waals surface area (Å²) in [6.45, 7) is 5.87. The van der Waals surface area contributed by atoms with Crippen LogP contribution in [0, 0.1) is 12.8 Å². The van der Waals surface area contributed by atoms with Crippen LogP contribution in [0.2, 0.25) is 0 Å². The van der Waals surface area contributed by atoms with Crippen LogP contribution in [0.25, 0.3) is 11.3 Å². The van der Waals surface area contributed by atoms with Crippen molar-refractivity contribution in [3.8, 4) is 11.3 Å². The van der Waals surface area contributed by atoms with Gasteiger partial charge in [0.05, 0.1) is 0 Å². The Morgan fingerprint density at radius 2 is 1.95 bits per heavy atom. The zero-order chi connectivity index (χ0) is 16.3. The SMILES string of the molecule is Cc1cc(NC(=O)CC(C)C)ccc1-c1ccc(C(=O)O)o1. The van der Waals surface area contributed by atoms with Crippen molar-refractivity contribution in [2.45, 2.75) is 27.2 Å². The molecule has 0 saturated heterocycles. The van der Waals surface area contributed by atoms with Gasteiger partial charge in [0.15, 0.2) is 0 Å². The van der Waals surface area contributed by atoms with Crippen LogP contribution < -0.4 is 5.32 Å². The highest BCUT2D eigenvalue weighted by Gasteiger charge is 2.13. The lowest BCUT2D eigenvalue weighted by Gasteiger charge is -2.09. The Labute approximate surface area is 129 Å². The molecule has 0 aliphatic rings. The lowest BCUT2D eigenvalue weighted by molar-refractivity contribution is -0.116. The lowest BCUT2D eigenvalue weighted by atomic mass is 10.1. The highest BCUT2D eigenvalue weighted by atomic mass is 16.4. The van der Waals surface area contributed by atoms with E-state index in [2.05, 4.69) is 5.32 Å². The second kappa shape index (κ2) is 6.47. The first-order chi connectivity index (χ1) is 10.4. The molecule has 5 nitrogen and oxygen atoms in total. The van der Waals surface area contributed by atoms with Crippen LogP contribution in [0.1, 0.15) is 36.4 Å². The number of benzene rings is 1. The minimum absolute atomic E-state index is 0.0201. The number of hydrogen-bond donors (Lipinski definition) is 2. The van der Waals surface area contributed by atoms with Crippen LogP contribution in [0.3, 0.4) is 0 Å². The molecule has 0 aliphatic heterocycles. The van der Waals surface area contributed by atoms with Gasteiger partial charge in [-0.15, -0.1) is 0 Å². The second-order valence-corrected chi connectivity index (χ2v) is 5.64. The Bertz CT molecular complexity index is 700. The van der Waals surface area contributed by atoms with Gasteiger partial charge < -0.3 is 14.8 Å². The van der Waals surface area contributed by atoms with Gasteiger partial charge in [0, 0.05) is 17.7 Å². The average molecular weight is 301 g/mol. The maximum absolute atomic E-state index is 11.8. The first-order valence-corrected chi connectivity index (χ1v) is 7.11. The molecule has 0 radical (unpaired) electrons. The number of amides is 1. The average Bonchev–Trinajstić information content (AvgIpc) is 2.87. The maximum atomic E-state index is 11.8. The molecule has 0 spiro atoms. The smallest absolute Gasteiger partial charge is 0.371 e. The molecule has 1 amide bonds. The minimum Gasteiger partial charge on any atom is -0.475 e. The molecule has 0 saturated carbocycles. The Balaban J connectivity index is 2.18. The van der Waals surface area contributed by atoms with Crippen LogP contribution >= 0.6 is 0 Å². The summed E-state index contributed by atoms with van der Waals surface area (Å²) in [7, 11) is 0. The van der Waals surface area contributed by atoms with E-state index in [1.165, 1.54) is 6.07 Å². The number of carboxylic acids is 1. The van der Waals surface area contributed by atoms with Gasteiger partial charge in [0.1, 0.15) is 5.76 Å². The van der Waals surface area contributed by atoms with E-state index in [1.807, 2.05) is 32.9 Å². The molecule has 1 aromatic carbocycles. The van der Waals surface area contributed by atoms with Crippen molar-refractivity contribution in [3.05, 3.63) is 41.7 Å². The van der Waals surface area contributed by atoms with Crippen molar-refractivity contribution in [1.82, 2.24) is 0 Å². The predicted octanol–water partition coefficient (Wildman–Crippen LogP) is 3.94. The third-order valence-electron chi connectivity index (χ3n) is 3.19. The number of hydrogen-bond acceptors (Lipinski definition) is 3. The fourth-order valence-electron chi connectivity index (χ4n) is 2.20. The molecule has 0 unspecified atom stereocenters. The van der Waals surface area contributed by atoms with Crippen molar-refractivity contribution in [2.24, 2.45) is 5.92 Å². The third kappa shape index (κ3) is 3.75. The van der Waals surface area contributed by atoms with Gasteiger partial charge in [0.2, 0.25) is 11.7 Å². The molecule has 2 rings (SSSR count). The van der Waals surface area contributed by atoms with Crippen molar-refractivity contribution in [3.63, 3.8) is 0 Å². The molecule has 1 heterocycles. The molecule has 0 aliphatic carbocycles. The maximum Gasteiger partial charge on any atom is 0.371 e. The Kier molecular flexibility index (Phi) is 4.65. The van der Waals surface area contributed by atoms with Crippen molar-refractivity contribution < 1.29 is 19.1 Å².